The number of aromatic nitrogens is 3. The summed E-state index contributed by atoms with van der Waals surface area (Å²) < 4.78 is 15.0. The average Bonchev–Trinajstić information content (AvgIpc) is 3.03. The minimum absolute atomic E-state index is 0.0148. The molecule has 0 bridgehead atoms. The number of anilines is 1. The first kappa shape index (κ1) is 15.4. The molecule has 0 unspecified atom stereocenters. The van der Waals surface area contributed by atoms with Gasteiger partial charge in [-0.2, -0.15) is 10.1 Å². The number of nitrogens with zero attached hydrogens (tertiary/aromatic N) is 3. The summed E-state index contributed by atoms with van der Waals surface area (Å²) in [4.78, 5) is 4.27. The lowest BCUT2D eigenvalue weighted by molar-refractivity contribution is 0.430. The average molecular weight is 363 g/mol. The monoisotopic (exact) mass is 362 g/mol. The van der Waals surface area contributed by atoms with E-state index in [1.54, 1.807) is 18.2 Å². The molecule has 2 heterocycles. The minimum atomic E-state index is -0.255. The molecule has 2 aromatic carbocycles. The van der Waals surface area contributed by atoms with Crippen molar-refractivity contribution in [3.63, 3.8) is 0 Å². The normalized spacial score (nSPS) is 19.6. The van der Waals surface area contributed by atoms with Gasteiger partial charge in [-0.25, -0.2) is 9.07 Å². The molecule has 0 amide bonds. The van der Waals surface area contributed by atoms with Crippen molar-refractivity contribution in [2.75, 3.05) is 5.32 Å². The molecule has 7 heteroatoms. The third-order valence-corrected chi connectivity index (χ3v) is 4.79. The molecular weight excluding hydrogens is 350 g/mol. The third kappa shape index (κ3) is 2.74. The molecule has 1 N–H and O–H groups in total. The highest BCUT2D eigenvalue weighted by Gasteiger charge is 2.31. The summed E-state index contributed by atoms with van der Waals surface area (Å²) in [5, 5.41) is 8.83. The van der Waals surface area contributed by atoms with Crippen molar-refractivity contribution in [1.82, 2.24) is 14.8 Å². The van der Waals surface area contributed by atoms with Gasteiger partial charge in [0.1, 0.15) is 12.1 Å². The topological polar surface area (TPSA) is 42.7 Å². The maximum Gasteiger partial charge on any atom is 0.222 e. The van der Waals surface area contributed by atoms with Gasteiger partial charge in [-0.3, -0.25) is 0 Å². The molecule has 2 atom stereocenters. The van der Waals surface area contributed by atoms with E-state index in [0.717, 1.165) is 11.1 Å². The molecule has 1 aliphatic heterocycles. The van der Waals surface area contributed by atoms with E-state index in [1.807, 2.05) is 16.8 Å². The Morgan fingerprint density at radius 1 is 1.12 bits per heavy atom. The van der Waals surface area contributed by atoms with E-state index in [-0.39, 0.29) is 17.9 Å². The van der Waals surface area contributed by atoms with E-state index >= 15 is 0 Å². The molecule has 3 aromatic rings. The van der Waals surface area contributed by atoms with Crippen molar-refractivity contribution in [3.05, 3.63) is 75.8 Å². The zero-order valence-electron chi connectivity index (χ0n) is 12.5. The molecule has 0 aliphatic carbocycles. The van der Waals surface area contributed by atoms with E-state index < -0.39 is 0 Å². The Morgan fingerprint density at radius 3 is 2.67 bits per heavy atom. The molecule has 4 nitrogen and oxygen atoms in total. The Balaban J connectivity index is 1.75. The van der Waals surface area contributed by atoms with Crippen LogP contribution in [0.3, 0.4) is 0 Å². The number of nitrogens with one attached hydrogen (secondary N) is 1. The predicted octanol–water partition coefficient (Wildman–Crippen LogP) is 4.87. The van der Waals surface area contributed by atoms with Gasteiger partial charge in [-0.1, -0.05) is 41.4 Å². The zero-order valence-corrected chi connectivity index (χ0v) is 14.0. The second-order valence-electron chi connectivity index (χ2n) is 5.69. The number of hydrogen-bond donors (Lipinski definition) is 1. The molecule has 122 valence electrons. The third-order valence-electron chi connectivity index (χ3n) is 4.22. The van der Waals surface area contributed by atoms with E-state index in [1.165, 1.54) is 18.5 Å². The van der Waals surface area contributed by atoms with Crippen LogP contribution in [0.15, 0.2) is 48.8 Å². The lowest BCUT2D eigenvalue weighted by atomic mass is 9.93. The van der Waals surface area contributed by atoms with E-state index in [0.29, 0.717) is 22.4 Å². The maximum atomic E-state index is 13.2. The van der Waals surface area contributed by atoms with E-state index in [9.17, 15) is 4.39 Å². The van der Waals surface area contributed by atoms with Crippen LogP contribution in [-0.4, -0.2) is 14.8 Å². The highest BCUT2D eigenvalue weighted by atomic mass is 35.5. The zero-order chi connectivity index (χ0) is 16.7. The molecule has 1 aliphatic rings. The van der Waals surface area contributed by atoms with Gasteiger partial charge < -0.3 is 5.32 Å². The fraction of sp³-hybridized carbons (Fsp3) is 0.176. The van der Waals surface area contributed by atoms with Crippen LogP contribution in [0.25, 0.3) is 0 Å². The van der Waals surface area contributed by atoms with Crippen LogP contribution >= 0.6 is 23.2 Å². The van der Waals surface area contributed by atoms with Crippen molar-refractivity contribution in [2.24, 2.45) is 0 Å². The predicted molar refractivity (Wildman–Crippen MR) is 92.0 cm³/mol. The number of hydrogen-bond acceptors (Lipinski definition) is 3. The number of halogens is 3. The number of fused-ring (bicyclic) bond motifs is 1. The second-order valence-corrected chi connectivity index (χ2v) is 6.54. The summed E-state index contributed by atoms with van der Waals surface area (Å²) in [7, 11) is 0. The van der Waals surface area contributed by atoms with Crippen LogP contribution in [0.5, 0.6) is 0 Å². The first-order chi connectivity index (χ1) is 11.6. The molecule has 1 aromatic heterocycles. The van der Waals surface area contributed by atoms with Crippen LogP contribution in [0.4, 0.5) is 10.3 Å². The molecule has 0 fully saturated rings. The lowest BCUT2D eigenvalue weighted by Gasteiger charge is -2.32. The summed E-state index contributed by atoms with van der Waals surface area (Å²) in [6.45, 7) is 0. The molecular formula is C17H13Cl2FN4. The van der Waals surface area contributed by atoms with Gasteiger partial charge in [0.15, 0.2) is 0 Å². The van der Waals surface area contributed by atoms with Gasteiger partial charge in [0, 0.05) is 10.0 Å². The van der Waals surface area contributed by atoms with Crippen LogP contribution in [0, 0.1) is 5.82 Å². The summed E-state index contributed by atoms with van der Waals surface area (Å²) in [6, 6.07) is 11.8. The Labute approximate surface area is 148 Å². The Kier molecular flexibility index (Phi) is 3.90. The first-order valence-electron chi connectivity index (χ1n) is 7.48. The first-order valence-corrected chi connectivity index (χ1v) is 8.24. The lowest BCUT2D eigenvalue weighted by Crippen LogP contribution is -2.28. The number of rotatable bonds is 2. The van der Waals surface area contributed by atoms with Crippen molar-refractivity contribution >= 4 is 29.2 Å². The summed E-state index contributed by atoms with van der Waals surface area (Å²) in [5.74, 6) is 0.404. The van der Waals surface area contributed by atoms with Crippen molar-refractivity contribution in [3.8, 4) is 0 Å². The van der Waals surface area contributed by atoms with Crippen molar-refractivity contribution < 1.29 is 4.39 Å². The van der Waals surface area contributed by atoms with Crippen LogP contribution in [-0.2, 0) is 0 Å². The Hall–Kier alpha value is -2.11. The summed E-state index contributed by atoms with van der Waals surface area (Å²) in [6.07, 6.45) is 2.22. The van der Waals surface area contributed by atoms with E-state index in [2.05, 4.69) is 15.4 Å². The van der Waals surface area contributed by atoms with Crippen LogP contribution in [0.2, 0.25) is 10.0 Å². The Bertz CT molecular complexity index is 879. The SMILES string of the molecule is Fc1ccc([C@H]2C[C@H](c3ccc(Cl)cc3Cl)n3ncnc3N2)cc1. The van der Waals surface area contributed by atoms with Gasteiger partial charge in [-0.15, -0.1) is 0 Å². The standard InChI is InChI=1S/C17H13Cl2FN4/c18-11-3-6-13(14(19)7-11)16-8-15(10-1-4-12(20)5-2-10)23-17-21-9-22-24(16)17/h1-7,9,15-16H,8H2,(H,21,22,23)/t15-,16-/m1/s1. The molecule has 0 radical (unpaired) electrons. The minimum Gasteiger partial charge on any atom is -0.348 e. The molecule has 0 saturated carbocycles. The number of benzene rings is 2. The summed E-state index contributed by atoms with van der Waals surface area (Å²) >= 11 is 12.4. The summed E-state index contributed by atoms with van der Waals surface area (Å²) in [5.41, 5.74) is 1.92. The van der Waals surface area contributed by atoms with Gasteiger partial charge in [-0.05, 0) is 41.8 Å². The molecule has 4 rings (SSSR count). The van der Waals surface area contributed by atoms with E-state index in [4.69, 9.17) is 23.2 Å². The van der Waals surface area contributed by atoms with Gasteiger partial charge in [0.25, 0.3) is 0 Å². The molecule has 0 saturated heterocycles. The van der Waals surface area contributed by atoms with Crippen LogP contribution < -0.4 is 5.32 Å². The molecule has 0 spiro atoms. The second kappa shape index (κ2) is 6.07. The highest BCUT2D eigenvalue weighted by molar-refractivity contribution is 6.35. The van der Waals surface area contributed by atoms with Gasteiger partial charge in [0.2, 0.25) is 5.95 Å². The quantitative estimate of drug-likeness (QED) is 0.706. The maximum absolute atomic E-state index is 13.2. The van der Waals surface area contributed by atoms with Crippen LogP contribution in [0.1, 0.15) is 29.6 Å². The van der Waals surface area contributed by atoms with Gasteiger partial charge >= 0.3 is 0 Å². The Morgan fingerprint density at radius 2 is 1.92 bits per heavy atom. The highest BCUT2D eigenvalue weighted by Crippen LogP contribution is 2.40. The molecule has 24 heavy (non-hydrogen) atoms. The largest absolute Gasteiger partial charge is 0.348 e. The van der Waals surface area contributed by atoms with Crippen molar-refractivity contribution in [1.29, 1.82) is 0 Å². The fourth-order valence-electron chi connectivity index (χ4n) is 3.06. The van der Waals surface area contributed by atoms with Gasteiger partial charge in [0.05, 0.1) is 12.1 Å². The van der Waals surface area contributed by atoms with Crippen molar-refractivity contribution in [2.45, 2.75) is 18.5 Å². The smallest absolute Gasteiger partial charge is 0.222 e. The fourth-order valence-corrected chi connectivity index (χ4v) is 3.60.